The maximum atomic E-state index is 5.89. The van der Waals surface area contributed by atoms with Crippen molar-refractivity contribution in [3.63, 3.8) is 0 Å². The van der Waals surface area contributed by atoms with Gasteiger partial charge in [0.05, 0.1) is 0 Å². The van der Waals surface area contributed by atoms with Crippen molar-refractivity contribution in [2.75, 3.05) is 0 Å². The lowest BCUT2D eigenvalue weighted by Crippen LogP contribution is -2.00. The molecule has 1 aromatic rings. The van der Waals surface area contributed by atoms with Crippen LogP contribution in [-0.4, -0.2) is 0 Å². The molecule has 0 bridgehead atoms. The second kappa shape index (κ2) is 5.20. The Hall–Kier alpha value is 0.230. The van der Waals surface area contributed by atoms with Crippen molar-refractivity contribution >= 4 is 34.4 Å². The van der Waals surface area contributed by atoms with Gasteiger partial charge in [-0.25, -0.2) is 0 Å². The van der Waals surface area contributed by atoms with E-state index in [1.54, 1.807) is 0 Å². The number of rotatable bonds is 3. The van der Waals surface area contributed by atoms with Gasteiger partial charge < -0.3 is 0 Å². The summed E-state index contributed by atoms with van der Waals surface area (Å²) < 4.78 is 0. The van der Waals surface area contributed by atoms with E-state index < -0.39 is 6.63 Å². The van der Waals surface area contributed by atoms with E-state index in [1.807, 2.05) is 0 Å². The molecule has 0 heterocycles. The molecule has 13 heavy (non-hydrogen) atoms. The summed E-state index contributed by atoms with van der Waals surface area (Å²) in [5.41, 5.74) is 2.64. The monoisotopic (exact) mass is 234 g/mol. The van der Waals surface area contributed by atoms with Crippen molar-refractivity contribution < 1.29 is 0 Å². The third-order valence-corrected chi connectivity index (χ3v) is 3.87. The first-order chi connectivity index (χ1) is 6.17. The molecule has 0 aliphatic carbocycles. The second-order valence-electron chi connectivity index (χ2n) is 2.95. The van der Waals surface area contributed by atoms with Gasteiger partial charge in [0.25, 0.3) is 0 Å². The van der Waals surface area contributed by atoms with Crippen LogP contribution >= 0.6 is 29.1 Å². The Morgan fingerprint density at radius 3 is 1.77 bits per heavy atom. The average Bonchev–Trinajstić information content (AvgIpc) is 2.16. The number of aryl methyl sites for hydroxylation is 2. The topological polar surface area (TPSA) is 0 Å². The zero-order valence-corrected chi connectivity index (χ0v) is 10.3. The van der Waals surface area contributed by atoms with E-state index in [1.165, 1.54) is 11.1 Å². The molecule has 0 spiro atoms. The Morgan fingerprint density at radius 2 is 1.46 bits per heavy atom. The van der Waals surface area contributed by atoms with Gasteiger partial charge in [0.2, 0.25) is 0 Å². The minimum absolute atomic E-state index is 0.995. The molecule has 1 aromatic carbocycles. The molecule has 0 atom stereocenters. The van der Waals surface area contributed by atoms with Crippen LogP contribution in [0.2, 0.25) is 0 Å². The summed E-state index contributed by atoms with van der Waals surface area (Å²) >= 11 is 11.8. The van der Waals surface area contributed by atoms with Crippen molar-refractivity contribution in [1.29, 1.82) is 0 Å². The molecule has 3 heteroatoms. The number of halogens is 2. The zero-order chi connectivity index (χ0) is 9.84. The second-order valence-corrected chi connectivity index (χ2v) is 6.48. The number of hydrogen-bond donors (Lipinski definition) is 0. The molecule has 0 aliphatic rings. The molecule has 1 rings (SSSR count). The van der Waals surface area contributed by atoms with Crippen LogP contribution in [0.3, 0.4) is 0 Å². The van der Waals surface area contributed by atoms with Gasteiger partial charge in [-0.05, 0) is 36.1 Å². The highest BCUT2D eigenvalue weighted by atomic mass is 35.9. The van der Waals surface area contributed by atoms with E-state index in [-0.39, 0.29) is 0 Å². The third-order valence-electron chi connectivity index (χ3n) is 2.05. The third kappa shape index (κ3) is 3.13. The van der Waals surface area contributed by atoms with Gasteiger partial charge in [0.15, 0.2) is 0 Å². The Bertz CT molecular complexity index is 262. The van der Waals surface area contributed by atoms with Crippen molar-refractivity contribution in [2.45, 2.75) is 26.7 Å². The molecule has 0 amide bonds. The standard InChI is InChI=1S/C10H13Cl2P/c1-3-8-5-9(4-2)7-10(6-8)13(11)12/h5-7H,3-4H2,1-2H3. The molecule has 0 N–H and O–H groups in total. The lowest BCUT2D eigenvalue weighted by molar-refractivity contribution is 1.09. The molecule has 0 saturated heterocycles. The van der Waals surface area contributed by atoms with Crippen LogP contribution in [0, 0.1) is 0 Å². The molecule has 0 radical (unpaired) electrons. The SMILES string of the molecule is CCc1cc(CC)cc(P(Cl)Cl)c1. The van der Waals surface area contributed by atoms with E-state index >= 15 is 0 Å². The smallest absolute Gasteiger partial charge is 0.0727 e. The predicted octanol–water partition coefficient (Wildman–Crippen LogP) is 4.23. The van der Waals surface area contributed by atoms with Crippen LogP contribution in [0.25, 0.3) is 0 Å². The summed E-state index contributed by atoms with van der Waals surface area (Å²) in [5.74, 6) is 0. The van der Waals surface area contributed by atoms with E-state index in [0.29, 0.717) is 0 Å². The highest BCUT2D eigenvalue weighted by molar-refractivity contribution is 8.08. The van der Waals surface area contributed by atoms with E-state index in [9.17, 15) is 0 Å². The largest absolute Gasteiger partial charge is 0.116 e. The molecule has 0 aromatic heterocycles. The van der Waals surface area contributed by atoms with Gasteiger partial charge in [-0.1, -0.05) is 42.4 Å². The Balaban J connectivity index is 3.07. The van der Waals surface area contributed by atoms with E-state index in [4.69, 9.17) is 22.5 Å². The van der Waals surface area contributed by atoms with Gasteiger partial charge in [0, 0.05) is 5.30 Å². The Kier molecular flexibility index (Phi) is 4.52. The van der Waals surface area contributed by atoms with Crippen molar-refractivity contribution in [3.05, 3.63) is 29.3 Å². The Labute approximate surface area is 90.6 Å². The fourth-order valence-electron chi connectivity index (χ4n) is 1.25. The molecule has 0 aliphatic heterocycles. The summed E-state index contributed by atoms with van der Waals surface area (Å²) in [6, 6.07) is 6.42. The quantitative estimate of drug-likeness (QED) is 0.688. The van der Waals surface area contributed by atoms with Gasteiger partial charge in [-0.15, -0.1) is 0 Å². The zero-order valence-electron chi connectivity index (χ0n) is 7.85. The van der Waals surface area contributed by atoms with Crippen LogP contribution in [0.15, 0.2) is 18.2 Å². The minimum Gasteiger partial charge on any atom is -0.0727 e. The van der Waals surface area contributed by atoms with Gasteiger partial charge in [-0.3, -0.25) is 0 Å². The maximum Gasteiger partial charge on any atom is 0.116 e. The number of hydrogen-bond acceptors (Lipinski definition) is 0. The number of benzene rings is 1. The first-order valence-corrected chi connectivity index (χ1v) is 7.57. The molecule has 0 fully saturated rings. The van der Waals surface area contributed by atoms with Gasteiger partial charge >= 0.3 is 0 Å². The maximum absolute atomic E-state index is 5.89. The highest BCUT2D eigenvalue weighted by Gasteiger charge is 2.05. The summed E-state index contributed by atoms with van der Waals surface area (Å²) in [5, 5.41) is 1.08. The normalized spacial score (nSPS) is 10.8. The Morgan fingerprint density at radius 1 is 1.00 bits per heavy atom. The fourth-order valence-corrected chi connectivity index (χ4v) is 2.36. The summed E-state index contributed by atoms with van der Waals surface area (Å²) in [7, 11) is 0. The van der Waals surface area contributed by atoms with Crippen molar-refractivity contribution in [2.24, 2.45) is 0 Å². The van der Waals surface area contributed by atoms with Crippen LogP contribution in [0.1, 0.15) is 25.0 Å². The van der Waals surface area contributed by atoms with Crippen molar-refractivity contribution in [1.82, 2.24) is 0 Å². The molecular weight excluding hydrogens is 222 g/mol. The van der Waals surface area contributed by atoms with E-state index in [0.717, 1.165) is 18.1 Å². The average molecular weight is 235 g/mol. The lowest BCUT2D eigenvalue weighted by atomic mass is 10.1. The van der Waals surface area contributed by atoms with Gasteiger partial charge in [-0.2, -0.15) is 0 Å². The lowest BCUT2D eigenvalue weighted by Gasteiger charge is -2.07. The molecular formula is C10H13Cl2P. The van der Waals surface area contributed by atoms with Crippen LogP contribution in [0.4, 0.5) is 0 Å². The molecule has 0 unspecified atom stereocenters. The first kappa shape index (κ1) is 11.3. The van der Waals surface area contributed by atoms with Crippen LogP contribution in [-0.2, 0) is 12.8 Å². The molecule has 0 saturated carbocycles. The fraction of sp³-hybridized carbons (Fsp3) is 0.400. The summed E-state index contributed by atoms with van der Waals surface area (Å²) in [6.07, 6.45) is 2.08. The van der Waals surface area contributed by atoms with Crippen LogP contribution < -0.4 is 5.30 Å². The summed E-state index contributed by atoms with van der Waals surface area (Å²) in [6.45, 7) is 3.29. The molecule has 0 nitrogen and oxygen atoms in total. The highest BCUT2D eigenvalue weighted by Crippen LogP contribution is 2.45. The van der Waals surface area contributed by atoms with Gasteiger partial charge in [0.1, 0.15) is 6.63 Å². The first-order valence-electron chi connectivity index (χ1n) is 4.42. The van der Waals surface area contributed by atoms with E-state index in [2.05, 4.69) is 32.0 Å². The summed E-state index contributed by atoms with van der Waals surface area (Å²) in [4.78, 5) is 0. The van der Waals surface area contributed by atoms with Crippen LogP contribution in [0.5, 0.6) is 0 Å². The van der Waals surface area contributed by atoms with Crippen molar-refractivity contribution in [3.8, 4) is 0 Å². The predicted molar refractivity (Wildman–Crippen MR) is 63.5 cm³/mol. The minimum atomic E-state index is -0.995. The molecule has 72 valence electrons.